The molecule has 154 valence electrons. The van der Waals surface area contributed by atoms with Gasteiger partial charge in [0.05, 0.1) is 31.7 Å². The van der Waals surface area contributed by atoms with Crippen molar-refractivity contribution in [1.82, 2.24) is 29.5 Å². The number of ether oxygens (including phenoxy) is 2. The van der Waals surface area contributed by atoms with Crippen LogP contribution in [-0.2, 0) is 24.6 Å². The Morgan fingerprint density at radius 2 is 1.97 bits per heavy atom. The second kappa shape index (κ2) is 9.04. The minimum atomic E-state index is 0.362. The van der Waals surface area contributed by atoms with Gasteiger partial charge in [0.1, 0.15) is 5.82 Å². The lowest BCUT2D eigenvalue weighted by Gasteiger charge is -2.28. The molecule has 1 saturated heterocycles. The molecule has 0 spiro atoms. The molecule has 4 rings (SSSR count). The first-order chi connectivity index (χ1) is 14.2. The van der Waals surface area contributed by atoms with E-state index in [1.165, 1.54) is 0 Å². The zero-order valence-electron chi connectivity index (χ0n) is 17.0. The summed E-state index contributed by atoms with van der Waals surface area (Å²) in [6, 6.07) is 4.35. The van der Waals surface area contributed by atoms with Crippen molar-refractivity contribution >= 4 is 5.82 Å². The lowest BCUT2D eigenvalue weighted by atomic mass is 10.3. The Kier molecular flexibility index (Phi) is 6.04. The zero-order valence-corrected chi connectivity index (χ0v) is 17.0. The van der Waals surface area contributed by atoms with Gasteiger partial charge in [-0.3, -0.25) is 4.68 Å². The van der Waals surface area contributed by atoms with Gasteiger partial charge in [-0.25, -0.2) is 4.68 Å². The van der Waals surface area contributed by atoms with Crippen molar-refractivity contribution in [2.75, 3.05) is 37.8 Å². The summed E-state index contributed by atoms with van der Waals surface area (Å²) in [6.45, 7) is 5.61. The smallest absolute Gasteiger partial charge is 0.320 e. The summed E-state index contributed by atoms with van der Waals surface area (Å²) in [7, 11) is 1.91. The van der Waals surface area contributed by atoms with Gasteiger partial charge < -0.3 is 14.4 Å². The standard InChI is InChI=1S/C20H27N7O2/c1-3-4-17-5-7-27(24-17)19-13-18(26-8-11-28-12-9-26)22-20(23-19)29-10-6-16-14-21-25(2)15-16/h5,7,13-15H,3-4,6,8-12H2,1-2H3. The lowest BCUT2D eigenvalue weighted by molar-refractivity contribution is 0.122. The summed E-state index contributed by atoms with van der Waals surface area (Å²) in [4.78, 5) is 11.4. The monoisotopic (exact) mass is 397 g/mol. The third kappa shape index (κ3) is 4.92. The highest BCUT2D eigenvalue weighted by atomic mass is 16.5. The molecule has 3 aromatic heterocycles. The van der Waals surface area contributed by atoms with E-state index < -0.39 is 0 Å². The fourth-order valence-corrected chi connectivity index (χ4v) is 3.28. The van der Waals surface area contributed by atoms with Gasteiger partial charge in [-0.1, -0.05) is 13.3 Å². The molecule has 29 heavy (non-hydrogen) atoms. The maximum atomic E-state index is 5.91. The Hall–Kier alpha value is -2.94. The fraction of sp³-hybridized carbons (Fsp3) is 0.500. The van der Waals surface area contributed by atoms with E-state index in [-0.39, 0.29) is 0 Å². The average Bonchev–Trinajstić information content (AvgIpc) is 3.38. The Morgan fingerprint density at radius 1 is 1.14 bits per heavy atom. The second-order valence-corrected chi connectivity index (χ2v) is 7.09. The molecule has 0 atom stereocenters. The van der Waals surface area contributed by atoms with Gasteiger partial charge in [0, 0.05) is 45.0 Å². The van der Waals surface area contributed by atoms with Crippen molar-refractivity contribution in [3.8, 4) is 11.8 Å². The first kappa shape index (κ1) is 19.4. The molecule has 0 aliphatic carbocycles. The molecule has 0 radical (unpaired) electrons. The lowest BCUT2D eigenvalue weighted by Crippen LogP contribution is -2.37. The van der Waals surface area contributed by atoms with Crippen molar-refractivity contribution < 1.29 is 9.47 Å². The highest BCUT2D eigenvalue weighted by Gasteiger charge is 2.17. The van der Waals surface area contributed by atoms with Gasteiger partial charge in [0.15, 0.2) is 5.82 Å². The second-order valence-electron chi connectivity index (χ2n) is 7.09. The van der Waals surface area contributed by atoms with E-state index >= 15 is 0 Å². The molecular weight excluding hydrogens is 370 g/mol. The quantitative estimate of drug-likeness (QED) is 0.573. The highest BCUT2D eigenvalue weighted by Crippen LogP contribution is 2.20. The van der Waals surface area contributed by atoms with Gasteiger partial charge in [-0.2, -0.15) is 20.2 Å². The largest absolute Gasteiger partial charge is 0.463 e. The molecule has 0 aromatic carbocycles. The minimum Gasteiger partial charge on any atom is -0.463 e. The van der Waals surface area contributed by atoms with Crippen molar-refractivity contribution in [3.05, 3.63) is 42.0 Å². The molecule has 0 saturated carbocycles. The first-order valence-electron chi connectivity index (χ1n) is 10.1. The van der Waals surface area contributed by atoms with Crippen molar-refractivity contribution in [3.63, 3.8) is 0 Å². The predicted octanol–water partition coefficient (Wildman–Crippen LogP) is 1.81. The average molecular weight is 397 g/mol. The molecule has 0 amide bonds. The summed E-state index contributed by atoms with van der Waals surface area (Å²) in [6.07, 6.45) is 8.52. The van der Waals surface area contributed by atoms with Crippen LogP contribution >= 0.6 is 0 Å². The molecule has 0 unspecified atom stereocenters. The maximum Gasteiger partial charge on any atom is 0.320 e. The third-order valence-electron chi connectivity index (χ3n) is 4.78. The number of aromatic nitrogens is 6. The summed E-state index contributed by atoms with van der Waals surface area (Å²) >= 11 is 0. The van der Waals surface area contributed by atoms with Crippen LogP contribution in [0.1, 0.15) is 24.6 Å². The van der Waals surface area contributed by atoms with E-state index in [0.717, 1.165) is 49.4 Å². The number of morpholine rings is 1. The van der Waals surface area contributed by atoms with Crippen LogP contribution < -0.4 is 9.64 Å². The van der Waals surface area contributed by atoms with E-state index in [4.69, 9.17) is 9.47 Å². The molecule has 0 bridgehead atoms. The van der Waals surface area contributed by atoms with Gasteiger partial charge in [0.2, 0.25) is 0 Å². The molecular formula is C20H27N7O2. The van der Waals surface area contributed by atoms with E-state index in [2.05, 4.69) is 32.0 Å². The number of aryl methyl sites for hydroxylation is 2. The molecule has 9 nitrogen and oxygen atoms in total. The SMILES string of the molecule is CCCc1ccn(-c2cc(N3CCOCC3)nc(OCCc3cnn(C)c3)n2)n1. The molecule has 4 heterocycles. The molecule has 0 N–H and O–H groups in total. The number of hydrogen-bond acceptors (Lipinski definition) is 7. The summed E-state index contributed by atoms with van der Waals surface area (Å²) in [5.41, 5.74) is 2.17. The van der Waals surface area contributed by atoms with E-state index in [0.29, 0.717) is 31.6 Å². The zero-order chi connectivity index (χ0) is 20.1. The molecule has 3 aromatic rings. The Bertz CT molecular complexity index is 931. The van der Waals surface area contributed by atoms with E-state index in [1.807, 2.05) is 37.8 Å². The predicted molar refractivity (Wildman–Crippen MR) is 109 cm³/mol. The van der Waals surface area contributed by atoms with Crippen LogP contribution in [0, 0.1) is 0 Å². The van der Waals surface area contributed by atoms with E-state index in [1.54, 1.807) is 9.36 Å². The normalized spacial score (nSPS) is 14.3. The topological polar surface area (TPSA) is 83.1 Å². The van der Waals surface area contributed by atoms with Gasteiger partial charge in [-0.05, 0) is 18.1 Å². The van der Waals surface area contributed by atoms with Crippen LogP contribution in [0.2, 0.25) is 0 Å². The molecule has 1 aliphatic heterocycles. The molecule has 1 fully saturated rings. The number of hydrogen-bond donors (Lipinski definition) is 0. The van der Waals surface area contributed by atoms with Crippen molar-refractivity contribution in [2.45, 2.75) is 26.2 Å². The fourth-order valence-electron chi connectivity index (χ4n) is 3.28. The summed E-state index contributed by atoms with van der Waals surface area (Å²) < 4.78 is 15.0. The third-order valence-corrected chi connectivity index (χ3v) is 4.78. The Labute approximate surface area is 170 Å². The summed E-state index contributed by atoms with van der Waals surface area (Å²) in [5.74, 6) is 1.54. The van der Waals surface area contributed by atoms with Gasteiger partial charge in [-0.15, -0.1) is 0 Å². The number of anilines is 1. The minimum absolute atomic E-state index is 0.362. The van der Waals surface area contributed by atoms with Crippen LogP contribution in [0.3, 0.4) is 0 Å². The number of rotatable bonds is 8. The van der Waals surface area contributed by atoms with Crippen LogP contribution in [-0.4, -0.2) is 62.4 Å². The van der Waals surface area contributed by atoms with Gasteiger partial charge in [0.25, 0.3) is 0 Å². The van der Waals surface area contributed by atoms with Crippen LogP contribution in [0.4, 0.5) is 5.82 Å². The highest BCUT2D eigenvalue weighted by molar-refractivity contribution is 5.45. The number of nitrogens with zero attached hydrogens (tertiary/aromatic N) is 7. The summed E-state index contributed by atoms with van der Waals surface area (Å²) in [5, 5.41) is 8.83. The molecule has 9 heteroatoms. The van der Waals surface area contributed by atoms with E-state index in [9.17, 15) is 0 Å². The maximum absolute atomic E-state index is 5.91. The molecule has 1 aliphatic rings. The van der Waals surface area contributed by atoms with Crippen LogP contribution in [0.15, 0.2) is 30.7 Å². The Morgan fingerprint density at radius 3 is 2.72 bits per heavy atom. The van der Waals surface area contributed by atoms with Crippen LogP contribution in [0.25, 0.3) is 5.82 Å². The Balaban J connectivity index is 1.54. The van der Waals surface area contributed by atoms with Crippen molar-refractivity contribution in [1.29, 1.82) is 0 Å². The first-order valence-corrected chi connectivity index (χ1v) is 10.1. The van der Waals surface area contributed by atoms with Crippen LogP contribution in [0.5, 0.6) is 6.01 Å². The van der Waals surface area contributed by atoms with Gasteiger partial charge >= 0.3 is 6.01 Å². The van der Waals surface area contributed by atoms with Crippen molar-refractivity contribution in [2.24, 2.45) is 7.05 Å².